The normalized spacial score (nSPS) is 17.1. The Kier molecular flexibility index (Phi) is 4.72. The first kappa shape index (κ1) is 13.5. The summed E-state index contributed by atoms with van der Waals surface area (Å²) >= 11 is 0. The zero-order valence-electron chi connectivity index (χ0n) is 11.3. The zero-order chi connectivity index (χ0) is 13.0. The minimum atomic E-state index is -0.164. The lowest BCUT2D eigenvalue weighted by molar-refractivity contribution is 0.236. The number of halogens is 1. The molecule has 1 atom stereocenters. The molecule has 1 unspecified atom stereocenters. The van der Waals surface area contributed by atoms with Gasteiger partial charge in [0.2, 0.25) is 0 Å². The molecule has 1 fully saturated rings. The average Bonchev–Trinajstić information content (AvgIpc) is 3.16. The second kappa shape index (κ2) is 6.30. The third kappa shape index (κ3) is 4.39. The quantitative estimate of drug-likeness (QED) is 0.800. The smallest absolute Gasteiger partial charge is 0.123 e. The Morgan fingerprint density at radius 1 is 1.33 bits per heavy atom. The van der Waals surface area contributed by atoms with E-state index in [4.69, 9.17) is 0 Å². The van der Waals surface area contributed by atoms with Gasteiger partial charge in [-0.15, -0.1) is 0 Å². The number of benzene rings is 1. The maximum atomic E-state index is 12.8. The lowest BCUT2D eigenvalue weighted by atomic mass is 10.1. The summed E-state index contributed by atoms with van der Waals surface area (Å²) in [6.07, 6.45) is 3.85. The van der Waals surface area contributed by atoms with Crippen LogP contribution in [0.15, 0.2) is 24.3 Å². The first-order valence-electron chi connectivity index (χ1n) is 6.83. The van der Waals surface area contributed by atoms with E-state index in [-0.39, 0.29) is 5.82 Å². The molecule has 0 aliphatic heterocycles. The third-order valence-corrected chi connectivity index (χ3v) is 3.67. The number of rotatable bonds is 7. The van der Waals surface area contributed by atoms with E-state index in [0.29, 0.717) is 6.04 Å². The summed E-state index contributed by atoms with van der Waals surface area (Å²) in [7, 11) is 2.13. The fourth-order valence-corrected chi connectivity index (χ4v) is 2.04. The molecule has 18 heavy (non-hydrogen) atoms. The second-order valence-electron chi connectivity index (χ2n) is 5.41. The topological polar surface area (TPSA) is 15.3 Å². The van der Waals surface area contributed by atoms with Gasteiger partial charge in [0.25, 0.3) is 0 Å². The summed E-state index contributed by atoms with van der Waals surface area (Å²) in [5, 5.41) is 3.54. The molecular weight excluding hydrogens is 227 g/mol. The van der Waals surface area contributed by atoms with Crippen molar-refractivity contribution < 1.29 is 4.39 Å². The van der Waals surface area contributed by atoms with Crippen molar-refractivity contribution in [1.82, 2.24) is 10.2 Å². The molecule has 0 amide bonds. The Balaban J connectivity index is 1.71. The van der Waals surface area contributed by atoms with Crippen LogP contribution < -0.4 is 5.32 Å². The van der Waals surface area contributed by atoms with E-state index in [0.717, 1.165) is 25.6 Å². The van der Waals surface area contributed by atoms with Crippen molar-refractivity contribution in [3.8, 4) is 0 Å². The standard InChI is InChI=1S/C15H23FN2/c1-12(9-10-17-15-7-8-15)18(2)11-13-3-5-14(16)6-4-13/h3-6,12,15,17H,7-11H2,1-2H3. The Hall–Kier alpha value is -0.930. The van der Waals surface area contributed by atoms with Crippen LogP contribution in [0.1, 0.15) is 31.7 Å². The average molecular weight is 250 g/mol. The lowest BCUT2D eigenvalue weighted by Crippen LogP contribution is -2.32. The molecule has 3 heteroatoms. The van der Waals surface area contributed by atoms with Crippen LogP contribution in [0, 0.1) is 5.82 Å². The van der Waals surface area contributed by atoms with E-state index in [2.05, 4.69) is 24.2 Å². The van der Waals surface area contributed by atoms with Gasteiger partial charge in [0.1, 0.15) is 5.82 Å². The molecule has 2 rings (SSSR count). The SMILES string of the molecule is CC(CCNC1CC1)N(C)Cc1ccc(F)cc1. The van der Waals surface area contributed by atoms with Crippen LogP contribution in [-0.4, -0.2) is 30.6 Å². The highest BCUT2D eigenvalue weighted by molar-refractivity contribution is 5.15. The molecule has 100 valence electrons. The fourth-order valence-electron chi connectivity index (χ4n) is 2.04. The van der Waals surface area contributed by atoms with Gasteiger partial charge in [-0.05, 0) is 57.5 Å². The van der Waals surface area contributed by atoms with Gasteiger partial charge >= 0.3 is 0 Å². The van der Waals surface area contributed by atoms with Crippen molar-refractivity contribution in [2.75, 3.05) is 13.6 Å². The van der Waals surface area contributed by atoms with Crippen LogP contribution in [0.25, 0.3) is 0 Å². The first-order valence-corrected chi connectivity index (χ1v) is 6.83. The van der Waals surface area contributed by atoms with Gasteiger partial charge in [-0.1, -0.05) is 12.1 Å². The van der Waals surface area contributed by atoms with E-state index in [1.54, 1.807) is 0 Å². The van der Waals surface area contributed by atoms with Crippen molar-refractivity contribution in [2.24, 2.45) is 0 Å². The summed E-state index contributed by atoms with van der Waals surface area (Å²) in [6, 6.07) is 8.12. The van der Waals surface area contributed by atoms with Gasteiger partial charge in [0.15, 0.2) is 0 Å². The zero-order valence-corrected chi connectivity index (χ0v) is 11.3. The molecular formula is C15H23FN2. The van der Waals surface area contributed by atoms with Crippen molar-refractivity contribution in [3.63, 3.8) is 0 Å². The van der Waals surface area contributed by atoms with Gasteiger partial charge in [-0.3, -0.25) is 4.90 Å². The molecule has 0 radical (unpaired) electrons. The predicted octanol–water partition coefficient (Wildman–Crippen LogP) is 2.79. The van der Waals surface area contributed by atoms with E-state index < -0.39 is 0 Å². The first-order chi connectivity index (χ1) is 8.65. The summed E-state index contributed by atoms with van der Waals surface area (Å²) in [6.45, 7) is 4.22. The maximum absolute atomic E-state index is 12.8. The van der Waals surface area contributed by atoms with Crippen molar-refractivity contribution in [3.05, 3.63) is 35.6 Å². The van der Waals surface area contributed by atoms with Gasteiger partial charge in [0.05, 0.1) is 0 Å². The fraction of sp³-hybridized carbons (Fsp3) is 0.600. The molecule has 0 saturated heterocycles. The largest absolute Gasteiger partial charge is 0.314 e. The Morgan fingerprint density at radius 2 is 2.00 bits per heavy atom. The minimum absolute atomic E-state index is 0.164. The molecule has 2 nitrogen and oxygen atoms in total. The summed E-state index contributed by atoms with van der Waals surface area (Å²) in [5.74, 6) is -0.164. The molecule has 0 heterocycles. The van der Waals surface area contributed by atoms with Crippen LogP contribution in [0.5, 0.6) is 0 Å². The predicted molar refractivity (Wildman–Crippen MR) is 73.0 cm³/mol. The summed E-state index contributed by atoms with van der Waals surface area (Å²) in [4.78, 5) is 2.32. The molecule has 1 aliphatic rings. The van der Waals surface area contributed by atoms with Crippen LogP contribution in [-0.2, 0) is 6.54 Å². The second-order valence-corrected chi connectivity index (χ2v) is 5.41. The molecule has 1 saturated carbocycles. The number of hydrogen-bond acceptors (Lipinski definition) is 2. The molecule has 0 aromatic heterocycles. The van der Waals surface area contributed by atoms with E-state index >= 15 is 0 Å². The molecule has 1 aliphatic carbocycles. The summed E-state index contributed by atoms with van der Waals surface area (Å²) < 4.78 is 12.8. The van der Waals surface area contributed by atoms with Crippen LogP contribution in [0.3, 0.4) is 0 Å². The van der Waals surface area contributed by atoms with Crippen LogP contribution >= 0.6 is 0 Å². The number of nitrogens with zero attached hydrogens (tertiary/aromatic N) is 1. The molecule has 0 spiro atoms. The van der Waals surface area contributed by atoms with Crippen molar-refractivity contribution in [1.29, 1.82) is 0 Å². The third-order valence-electron chi connectivity index (χ3n) is 3.67. The van der Waals surface area contributed by atoms with E-state index in [9.17, 15) is 4.39 Å². The highest BCUT2D eigenvalue weighted by Crippen LogP contribution is 2.18. The minimum Gasteiger partial charge on any atom is -0.314 e. The van der Waals surface area contributed by atoms with Gasteiger partial charge in [0, 0.05) is 18.6 Å². The van der Waals surface area contributed by atoms with Crippen LogP contribution in [0.4, 0.5) is 4.39 Å². The lowest BCUT2D eigenvalue weighted by Gasteiger charge is -2.25. The monoisotopic (exact) mass is 250 g/mol. The Labute approximate surface area is 109 Å². The van der Waals surface area contributed by atoms with Crippen LogP contribution in [0.2, 0.25) is 0 Å². The summed E-state index contributed by atoms with van der Waals surface area (Å²) in [5.41, 5.74) is 1.17. The van der Waals surface area contributed by atoms with E-state index in [1.165, 1.54) is 30.5 Å². The van der Waals surface area contributed by atoms with Gasteiger partial charge < -0.3 is 5.32 Å². The highest BCUT2D eigenvalue weighted by atomic mass is 19.1. The number of nitrogens with one attached hydrogen (secondary N) is 1. The Bertz CT molecular complexity index is 359. The van der Waals surface area contributed by atoms with Gasteiger partial charge in [-0.2, -0.15) is 0 Å². The maximum Gasteiger partial charge on any atom is 0.123 e. The molecule has 1 N–H and O–H groups in total. The van der Waals surface area contributed by atoms with E-state index in [1.807, 2.05) is 12.1 Å². The molecule has 1 aromatic carbocycles. The highest BCUT2D eigenvalue weighted by Gasteiger charge is 2.20. The van der Waals surface area contributed by atoms with Crippen molar-refractivity contribution >= 4 is 0 Å². The van der Waals surface area contributed by atoms with Crippen molar-refractivity contribution in [2.45, 2.75) is 44.8 Å². The number of hydrogen-bond donors (Lipinski definition) is 1. The molecule has 1 aromatic rings. The molecule has 0 bridgehead atoms. The van der Waals surface area contributed by atoms with Gasteiger partial charge in [-0.25, -0.2) is 4.39 Å². The Morgan fingerprint density at radius 3 is 2.61 bits per heavy atom.